The van der Waals surface area contributed by atoms with E-state index in [9.17, 15) is 13.2 Å². The van der Waals surface area contributed by atoms with Crippen LogP contribution in [-0.4, -0.2) is 46.5 Å². The lowest BCUT2D eigenvalue weighted by Crippen LogP contribution is -2.52. The zero-order valence-corrected chi connectivity index (χ0v) is 15.3. The molecule has 0 saturated carbocycles. The van der Waals surface area contributed by atoms with Crippen LogP contribution in [0.15, 0.2) is 29.6 Å². The summed E-state index contributed by atoms with van der Waals surface area (Å²) in [7, 11) is -2.06. The van der Waals surface area contributed by atoms with Gasteiger partial charge in [-0.1, -0.05) is 0 Å². The summed E-state index contributed by atoms with van der Waals surface area (Å²) in [6, 6.07) is 0.998. The molecule has 2 aromatic heterocycles. The SMILES string of the molecule is CC(C)n1cc(S(=O)(=O)N[C@@H]2CCCN(c3ccnn3C)C2=O)cn1. The van der Waals surface area contributed by atoms with Crippen molar-refractivity contribution in [3.63, 3.8) is 0 Å². The Morgan fingerprint density at radius 3 is 2.68 bits per heavy atom. The highest BCUT2D eigenvalue weighted by atomic mass is 32.2. The minimum atomic E-state index is -3.81. The molecule has 0 radical (unpaired) electrons. The number of piperidine rings is 1. The number of sulfonamides is 1. The molecule has 10 heteroatoms. The van der Waals surface area contributed by atoms with Gasteiger partial charge in [-0.05, 0) is 26.7 Å². The Bertz CT molecular complexity index is 869. The normalized spacial score (nSPS) is 19.0. The van der Waals surface area contributed by atoms with Crippen molar-refractivity contribution < 1.29 is 13.2 Å². The number of aromatic nitrogens is 4. The van der Waals surface area contributed by atoms with Crippen LogP contribution in [0.1, 0.15) is 32.7 Å². The van der Waals surface area contributed by atoms with Gasteiger partial charge < -0.3 is 0 Å². The second-order valence-electron chi connectivity index (χ2n) is 6.37. The number of hydrogen-bond acceptors (Lipinski definition) is 5. The van der Waals surface area contributed by atoms with Gasteiger partial charge in [0.2, 0.25) is 15.9 Å². The molecule has 3 heterocycles. The number of hydrogen-bond donors (Lipinski definition) is 1. The molecular formula is C15H22N6O3S. The highest BCUT2D eigenvalue weighted by molar-refractivity contribution is 7.89. The van der Waals surface area contributed by atoms with E-state index in [0.717, 1.165) is 0 Å². The third-order valence-electron chi connectivity index (χ3n) is 4.22. The standard InChI is InChI=1S/C15H22N6O3S/c1-11(2)21-10-12(9-17-21)25(23,24)18-13-5-4-8-20(15(13)22)14-6-7-16-19(14)3/h6-7,9-11,13,18H,4-5,8H2,1-3H3/t13-/m1/s1. The Labute approximate surface area is 146 Å². The van der Waals surface area contributed by atoms with E-state index in [4.69, 9.17) is 0 Å². The number of nitrogens with zero attached hydrogens (tertiary/aromatic N) is 5. The topological polar surface area (TPSA) is 102 Å². The number of amides is 1. The van der Waals surface area contributed by atoms with Gasteiger partial charge in [0.15, 0.2) is 0 Å². The van der Waals surface area contributed by atoms with Gasteiger partial charge in [-0.15, -0.1) is 0 Å². The van der Waals surface area contributed by atoms with Crippen molar-refractivity contribution >= 4 is 21.7 Å². The molecule has 1 aliphatic heterocycles. The maximum atomic E-state index is 12.7. The molecule has 0 aromatic carbocycles. The van der Waals surface area contributed by atoms with Gasteiger partial charge in [0.05, 0.1) is 12.4 Å². The number of aryl methyl sites for hydroxylation is 1. The van der Waals surface area contributed by atoms with E-state index in [1.165, 1.54) is 12.4 Å². The van der Waals surface area contributed by atoms with Gasteiger partial charge in [-0.2, -0.15) is 14.9 Å². The summed E-state index contributed by atoms with van der Waals surface area (Å²) in [6.45, 7) is 4.36. The number of carbonyl (C=O) groups is 1. The first kappa shape index (κ1) is 17.6. The molecule has 1 atom stereocenters. The van der Waals surface area contributed by atoms with Crippen LogP contribution in [0.4, 0.5) is 5.82 Å². The molecule has 1 aliphatic rings. The Morgan fingerprint density at radius 1 is 1.32 bits per heavy atom. The van der Waals surface area contributed by atoms with E-state index in [1.54, 1.807) is 33.6 Å². The van der Waals surface area contributed by atoms with E-state index >= 15 is 0 Å². The van der Waals surface area contributed by atoms with Crippen LogP contribution in [-0.2, 0) is 21.9 Å². The first-order valence-electron chi connectivity index (χ1n) is 8.15. The molecule has 3 rings (SSSR count). The fourth-order valence-electron chi connectivity index (χ4n) is 2.84. The molecule has 0 spiro atoms. The molecular weight excluding hydrogens is 344 g/mol. The monoisotopic (exact) mass is 366 g/mol. The van der Waals surface area contributed by atoms with Crippen LogP contribution in [0.2, 0.25) is 0 Å². The lowest BCUT2D eigenvalue weighted by molar-refractivity contribution is -0.121. The smallest absolute Gasteiger partial charge is 0.246 e. The first-order valence-corrected chi connectivity index (χ1v) is 9.64. The highest BCUT2D eigenvalue weighted by Crippen LogP contribution is 2.21. The van der Waals surface area contributed by atoms with E-state index in [1.807, 2.05) is 13.8 Å². The average molecular weight is 366 g/mol. The van der Waals surface area contributed by atoms with Gasteiger partial charge in [0.25, 0.3) is 0 Å². The van der Waals surface area contributed by atoms with E-state index in [-0.39, 0.29) is 16.8 Å². The van der Waals surface area contributed by atoms with Crippen molar-refractivity contribution in [1.82, 2.24) is 24.3 Å². The molecule has 1 fully saturated rings. The minimum Gasteiger partial charge on any atom is -0.296 e. The third-order valence-corrected chi connectivity index (χ3v) is 5.65. The summed E-state index contributed by atoms with van der Waals surface area (Å²) >= 11 is 0. The lowest BCUT2D eigenvalue weighted by atomic mass is 10.1. The summed E-state index contributed by atoms with van der Waals surface area (Å²) < 4.78 is 30.9. The number of nitrogens with one attached hydrogen (secondary N) is 1. The van der Waals surface area contributed by atoms with E-state index in [2.05, 4.69) is 14.9 Å². The maximum absolute atomic E-state index is 12.7. The van der Waals surface area contributed by atoms with Gasteiger partial charge in [0.1, 0.15) is 16.8 Å². The van der Waals surface area contributed by atoms with Crippen molar-refractivity contribution in [2.24, 2.45) is 7.05 Å². The lowest BCUT2D eigenvalue weighted by Gasteiger charge is -2.32. The minimum absolute atomic E-state index is 0.0561. The van der Waals surface area contributed by atoms with Gasteiger partial charge in [-0.3, -0.25) is 19.1 Å². The van der Waals surface area contributed by atoms with Crippen LogP contribution < -0.4 is 9.62 Å². The molecule has 136 valence electrons. The second kappa shape index (κ2) is 6.60. The van der Waals surface area contributed by atoms with Crippen LogP contribution >= 0.6 is 0 Å². The zero-order valence-electron chi connectivity index (χ0n) is 14.5. The number of carbonyl (C=O) groups excluding carboxylic acids is 1. The van der Waals surface area contributed by atoms with Crippen molar-refractivity contribution in [3.8, 4) is 0 Å². The van der Waals surface area contributed by atoms with Crippen molar-refractivity contribution in [2.45, 2.75) is 43.7 Å². The van der Waals surface area contributed by atoms with Crippen LogP contribution in [0, 0.1) is 0 Å². The average Bonchev–Trinajstić information content (AvgIpc) is 3.19. The Balaban J connectivity index is 1.79. The molecule has 25 heavy (non-hydrogen) atoms. The summed E-state index contributed by atoms with van der Waals surface area (Å²) in [5, 5.41) is 8.12. The second-order valence-corrected chi connectivity index (χ2v) is 8.08. The van der Waals surface area contributed by atoms with Crippen molar-refractivity contribution in [2.75, 3.05) is 11.4 Å². The molecule has 2 aromatic rings. The summed E-state index contributed by atoms with van der Waals surface area (Å²) in [5.74, 6) is 0.385. The van der Waals surface area contributed by atoms with Crippen LogP contribution in [0.25, 0.3) is 0 Å². The quantitative estimate of drug-likeness (QED) is 0.838. The largest absolute Gasteiger partial charge is 0.296 e. The molecule has 0 unspecified atom stereocenters. The maximum Gasteiger partial charge on any atom is 0.246 e. The van der Waals surface area contributed by atoms with E-state index < -0.39 is 16.1 Å². The third kappa shape index (κ3) is 3.45. The Hall–Kier alpha value is -2.20. The van der Waals surface area contributed by atoms with Crippen LogP contribution in [0.5, 0.6) is 0 Å². The molecule has 1 N–H and O–H groups in total. The predicted molar refractivity (Wildman–Crippen MR) is 91.5 cm³/mol. The molecule has 0 bridgehead atoms. The predicted octanol–water partition coefficient (Wildman–Crippen LogP) is 0.671. The zero-order chi connectivity index (χ0) is 18.2. The summed E-state index contributed by atoms with van der Waals surface area (Å²) in [6.07, 6.45) is 5.55. The van der Waals surface area contributed by atoms with Gasteiger partial charge in [-0.25, -0.2) is 8.42 Å². The Kier molecular flexibility index (Phi) is 4.65. The first-order chi connectivity index (χ1) is 11.8. The Morgan fingerprint density at radius 2 is 2.08 bits per heavy atom. The fourth-order valence-corrected chi connectivity index (χ4v) is 4.00. The van der Waals surface area contributed by atoms with Crippen LogP contribution in [0.3, 0.4) is 0 Å². The highest BCUT2D eigenvalue weighted by Gasteiger charge is 2.34. The molecule has 0 aliphatic carbocycles. The number of rotatable bonds is 5. The van der Waals surface area contributed by atoms with E-state index in [0.29, 0.717) is 25.2 Å². The van der Waals surface area contributed by atoms with Gasteiger partial charge >= 0.3 is 0 Å². The van der Waals surface area contributed by atoms with Gasteiger partial charge in [0, 0.05) is 31.9 Å². The van der Waals surface area contributed by atoms with Crippen molar-refractivity contribution in [3.05, 3.63) is 24.7 Å². The molecule has 1 saturated heterocycles. The molecule has 1 amide bonds. The summed E-state index contributed by atoms with van der Waals surface area (Å²) in [4.78, 5) is 14.4. The number of anilines is 1. The fraction of sp³-hybridized carbons (Fsp3) is 0.533. The molecule has 9 nitrogen and oxygen atoms in total. The summed E-state index contributed by atoms with van der Waals surface area (Å²) in [5.41, 5.74) is 0. The van der Waals surface area contributed by atoms with Crippen molar-refractivity contribution in [1.29, 1.82) is 0 Å².